The van der Waals surface area contributed by atoms with Crippen LogP contribution in [0.25, 0.3) is 0 Å². The van der Waals surface area contributed by atoms with Crippen LogP contribution in [-0.2, 0) is 14.4 Å². The number of rotatable bonds is 26. The van der Waals surface area contributed by atoms with Gasteiger partial charge in [0, 0.05) is 44.0 Å². The fourth-order valence-electron chi connectivity index (χ4n) is 3.40. The third-order valence-corrected chi connectivity index (χ3v) is 8.96. The van der Waals surface area contributed by atoms with E-state index in [9.17, 15) is 19.5 Å². The Morgan fingerprint density at radius 3 is 1.52 bits per heavy atom. The molecule has 0 aliphatic rings. The smallest absolute Gasteiger partial charge is 0.249 e. The van der Waals surface area contributed by atoms with Gasteiger partial charge in [-0.2, -0.15) is 0 Å². The third kappa shape index (κ3) is 26.0. The second-order valence-corrected chi connectivity index (χ2v) is 13.5. The molecule has 7 nitrogen and oxygen atoms in total. The molecule has 0 fully saturated rings. The highest BCUT2D eigenvalue weighted by Crippen LogP contribution is 2.24. The van der Waals surface area contributed by atoms with Gasteiger partial charge in [0.2, 0.25) is 17.7 Å². The summed E-state index contributed by atoms with van der Waals surface area (Å²) < 4.78 is 0. The summed E-state index contributed by atoms with van der Waals surface area (Å²) in [6.07, 6.45) is 31.6. The van der Waals surface area contributed by atoms with Gasteiger partial charge in [0.05, 0.1) is 0 Å². The van der Waals surface area contributed by atoms with Crippen LogP contribution in [0.15, 0.2) is 72.9 Å². The van der Waals surface area contributed by atoms with Crippen LogP contribution in [0, 0.1) is 5.41 Å². The predicted octanol–water partition coefficient (Wildman–Crippen LogP) is 6.99. The van der Waals surface area contributed by atoms with E-state index in [0.29, 0.717) is 25.9 Å². The van der Waals surface area contributed by atoms with E-state index in [4.69, 9.17) is 0 Å². The molecule has 0 aliphatic heterocycles. The Labute approximate surface area is 275 Å². The van der Waals surface area contributed by atoms with E-state index >= 15 is 0 Å². The molecule has 0 saturated heterocycles. The Bertz CT molecular complexity index is 956. The number of carbonyl (C=O) groups is 3. The second kappa shape index (κ2) is 29.2. The molecule has 9 heteroatoms. The molecule has 1 atom stereocenters. The van der Waals surface area contributed by atoms with E-state index in [0.717, 1.165) is 50.0 Å². The third-order valence-electron chi connectivity index (χ3n) is 6.55. The second-order valence-electron chi connectivity index (χ2n) is 10.7. The topological polar surface area (TPSA) is 108 Å². The summed E-state index contributed by atoms with van der Waals surface area (Å²) in [5, 5.41) is 18.4. The van der Waals surface area contributed by atoms with Gasteiger partial charge in [-0.1, -0.05) is 122 Å². The molecule has 44 heavy (non-hydrogen) atoms. The molecule has 0 heterocycles. The lowest BCUT2D eigenvalue weighted by molar-refractivity contribution is -0.135. The average molecular weight is 648 g/mol. The van der Waals surface area contributed by atoms with E-state index in [2.05, 4.69) is 83.6 Å². The largest absolute Gasteiger partial charge is 0.383 e. The summed E-state index contributed by atoms with van der Waals surface area (Å²) in [7, 11) is 3.29. The first-order valence-corrected chi connectivity index (χ1v) is 18.4. The highest BCUT2D eigenvalue weighted by molar-refractivity contribution is 8.76. The van der Waals surface area contributed by atoms with Crippen molar-refractivity contribution in [2.45, 2.75) is 91.6 Å². The number of aliphatic hydroxyl groups is 1. The highest BCUT2D eigenvalue weighted by Gasteiger charge is 2.31. The zero-order valence-electron chi connectivity index (χ0n) is 27.4. The summed E-state index contributed by atoms with van der Waals surface area (Å²) >= 11 is 0. The van der Waals surface area contributed by atoms with Gasteiger partial charge in [-0.25, -0.2) is 0 Å². The number of hydrogen-bond donors (Lipinski definition) is 4. The molecule has 0 spiro atoms. The molecule has 0 aromatic rings. The Kier molecular flexibility index (Phi) is 27.6. The molecular weight excluding hydrogens is 591 g/mol. The van der Waals surface area contributed by atoms with Crippen molar-refractivity contribution in [3.05, 3.63) is 72.9 Å². The lowest BCUT2D eigenvalue weighted by Gasteiger charge is -2.28. The van der Waals surface area contributed by atoms with Crippen LogP contribution in [0.4, 0.5) is 0 Å². The summed E-state index contributed by atoms with van der Waals surface area (Å²) in [6.45, 7) is 9.07. The van der Waals surface area contributed by atoms with E-state index in [-0.39, 0.29) is 24.8 Å². The van der Waals surface area contributed by atoms with Gasteiger partial charge in [-0.05, 0) is 50.4 Å². The Balaban J connectivity index is 3.65. The molecular formula is C35H57N3O4S2. The molecule has 0 unspecified atom stereocenters. The SMILES string of the molecule is CC/C=C\C/C=C\C/C=C\C/C=C\C/C=C\C/C=C\CC(=O)NCCSSCCNC(=O)CCNC(=O)[C@H](O)C(C)(C)CC. The van der Waals surface area contributed by atoms with Gasteiger partial charge in [0.25, 0.3) is 0 Å². The lowest BCUT2D eigenvalue weighted by atomic mass is 9.83. The number of allylic oxidation sites excluding steroid dienone is 11. The minimum absolute atomic E-state index is 0.0146. The molecule has 0 radical (unpaired) electrons. The Hall–Kier alpha value is -2.49. The molecule has 0 rings (SSSR count). The van der Waals surface area contributed by atoms with Crippen molar-refractivity contribution in [3.63, 3.8) is 0 Å². The van der Waals surface area contributed by atoms with Crippen LogP contribution >= 0.6 is 21.6 Å². The standard InChI is InChI=1S/C35H57N3O4S2/c1-5-7-8-9-10-11-12-13-14-15-16-17-18-19-20-21-22-23-24-31(39)36-27-29-43-44-30-28-37-32(40)25-26-38-34(42)33(41)35(3,4)6-2/h7-8,10-11,13-14,16-17,19-20,22-23,33,41H,5-6,9,12,15,18,21,24-30H2,1-4H3,(H,36,39)(H,37,40)(H,38,42)/b8-7-,11-10-,14-13-,17-16-,20-19-,23-22-/t33-/m0/s1. The minimum atomic E-state index is -1.09. The minimum Gasteiger partial charge on any atom is -0.383 e. The van der Waals surface area contributed by atoms with Gasteiger partial charge in [-0.3, -0.25) is 14.4 Å². The summed E-state index contributed by atoms with van der Waals surface area (Å²) in [4.78, 5) is 35.9. The highest BCUT2D eigenvalue weighted by atomic mass is 33.1. The molecule has 0 bridgehead atoms. The quantitative estimate of drug-likeness (QED) is 0.0458. The first kappa shape index (κ1) is 41.5. The zero-order chi connectivity index (χ0) is 32.7. The summed E-state index contributed by atoms with van der Waals surface area (Å²) in [5.74, 6) is 0.971. The molecule has 0 saturated carbocycles. The molecule has 4 N–H and O–H groups in total. The van der Waals surface area contributed by atoms with Gasteiger partial charge < -0.3 is 21.1 Å². The van der Waals surface area contributed by atoms with Gasteiger partial charge in [-0.15, -0.1) is 0 Å². The van der Waals surface area contributed by atoms with Crippen molar-refractivity contribution in [2.75, 3.05) is 31.1 Å². The molecule has 0 aromatic carbocycles. The monoisotopic (exact) mass is 647 g/mol. The summed E-state index contributed by atoms with van der Waals surface area (Å²) in [6, 6.07) is 0. The maximum absolute atomic E-state index is 12.0. The zero-order valence-corrected chi connectivity index (χ0v) is 29.0. The van der Waals surface area contributed by atoms with Crippen LogP contribution in [-0.4, -0.2) is 60.1 Å². The van der Waals surface area contributed by atoms with Crippen LogP contribution in [0.2, 0.25) is 0 Å². The first-order chi connectivity index (χ1) is 21.2. The van der Waals surface area contributed by atoms with Crippen LogP contribution in [0.1, 0.15) is 85.5 Å². The predicted molar refractivity (Wildman–Crippen MR) is 191 cm³/mol. The van der Waals surface area contributed by atoms with E-state index in [1.54, 1.807) is 21.6 Å². The summed E-state index contributed by atoms with van der Waals surface area (Å²) in [5.41, 5.74) is -0.501. The van der Waals surface area contributed by atoms with Crippen molar-refractivity contribution in [3.8, 4) is 0 Å². The average Bonchev–Trinajstić information content (AvgIpc) is 3.01. The molecule has 0 aromatic heterocycles. The number of hydrogen-bond acceptors (Lipinski definition) is 6. The number of amides is 3. The number of aliphatic hydroxyl groups excluding tert-OH is 1. The van der Waals surface area contributed by atoms with Crippen molar-refractivity contribution in [1.82, 2.24) is 16.0 Å². The van der Waals surface area contributed by atoms with Crippen LogP contribution in [0.5, 0.6) is 0 Å². The van der Waals surface area contributed by atoms with Gasteiger partial charge >= 0.3 is 0 Å². The molecule has 248 valence electrons. The van der Waals surface area contributed by atoms with E-state index in [1.165, 1.54) is 0 Å². The Morgan fingerprint density at radius 1 is 0.636 bits per heavy atom. The van der Waals surface area contributed by atoms with Crippen LogP contribution < -0.4 is 16.0 Å². The maximum Gasteiger partial charge on any atom is 0.249 e. The lowest BCUT2D eigenvalue weighted by Crippen LogP contribution is -2.44. The Morgan fingerprint density at radius 2 is 1.07 bits per heavy atom. The number of nitrogens with one attached hydrogen (secondary N) is 3. The molecule has 3 amide bonds. The normalized spacial score (nSPS) is 13.3. The molecule has 0 aliphatic carbocycles. The fourth-order valence-corrected chi connectivity index (χ4v) is 5.21. The van der Waals surface area contributed by atoms with E-state index in [1.807, 2.05) is 32.9 Å². The number of carbonyl (C=O) groups excluding carboxylic acids is 3. The first-order valence-electron chi connectivity index (χ1n) is 15.9. The van der Waals surface area contributed by atoms with Crippen molar-refractivity contribution >= 4 is 39.3 Å². The van der Waals surface area contributed by atoms with Crippen molar-refractivity contribution in [1.29, 1.82) is 0 Å². The van der Waals surface area contributed by atoms with Crippen molar-refractivity contribution < 1.29 is 19.5 Å². The maximum atomic E-state index is 12.0. The van der Waals surface area contributed by atoms with Crippen molar-refractivity contribution in [2.24, 2.45) is 5.41 Å². The van der Waals surface area contributed by atoms with E-state index < -0.39 is 17.4 Å². The van der Waals surface area contributed by atoms with Crippen LogP contribution in [0.3, 0.4) is 0 Å². The van der Waals surface area contributed by atoms with Gasteiger partial charge in [0.1, 0.15) is 6.10 Å². The van der Waals surface area contributed by atoms with Gasteiger partial charge in [0.15, 0.2) is 0 Å². The fraction of sp³-hybridized carbons (Fsp3) is 0.571.